The lowest BCUT2D eigenvalue weighted by Crippen LogP contribution is -2.43. The van der Waals surface area contributed by atoms with Crippen LogP contribution in [0.25, 0.3) is 11.0 Å². The summed E-state index contributed by atoms with van der Waals surface area (Å²) in [5, 5.41) is 21.1. The van der Waals surface area contributed by atoms with Crippen LogP contribution in [-0.4, -0.2) is 62.3 Å². The Labute approximate surface area is 266 Å². The molecule has 3 heterocycles. The van der Waals surface area contributed by atoms with E-state index in [0.717, 1.165) is 65.8 Å². The number of nitrogens with zero attached hydrogens (tertiary/aromatic N) is 2. The Morgan fingerprint density at radius 3 is 2.30 bits per heavy atom. The number of rotatable bonds is 11. The molecule has 0 aliphatic carbocycles. The van der Waals surface area contributed by atoms with E-state index >= 15 is 0 Å². The number of carboxylic acids is 1. The number of hydrogen-bond acceptors (Lipinski definition) is 7. The number of H-pyrrole nitrogens is 1. The highest BCUT2D eigenvalue weighted by Gasteiger charge is 2.34. The van der Waals surface area contributed by atoms with Crippen molar-refractivity contribution in [2.24, 2.45) is 0 Å². The number of aliphatic hydroxyl groups excluding tert-OH is 1. The molecular weight excluding hydrogens is 588 g/mol. The fraction of sp³-hybridized carbons (Fsp3) is 0.400. The predicted octanol–water partition coefficient (Wildman–Crippen LogP) is 4.19. The van der Waals surface area contributed by atoms with E-state index in [9.17, 15) is 19.5 Å². The largest absolute Gasteiger partial charge is 0.481 e. The lowest BCUT2D eigenvalue weighted by Gasteiger charge is -2.40. The number of aliphatic hydroxyl groups is 1. The fourth-order valence-electron chi connectivity index (χ4n) is 6.42. The summed E-state index contributed by atoms with van der Waals surface area (Å²) < 4.78 is 15.0. The normalized spacial score (nSPS) is 20.9. The minimum Gasteiger partial charge on any atom is -0.481 e. The van der Waals surface area contributed by atoms with Crippen molar-refractivity contribution in [2.45, 2.75) is 69.8 Å². The summed E-state index contributed by atoms with van der Waals surface area (Å²) in [6.45, 7) is 2.72. The number of nitrogens with one attached hydrogen (secondary N) is 2. The second-order valence-corrected chi connectivity index (χ2v) is 12.1. The van der Waals surface area contributed by atoms with Gasteiger partial charge >= 0.3 is 11.7 Å². The molecule has 4 N–H and O–H groups in total. The Bertz CT molecular complexity index is 1690. The number of ether oxygens (including phenoxy) is 2. The first-order valence-corrected chi connectivity index (χ1v) is 15.9. The Kier molecular flexibility index (Phi) is 9.94. The number of hydrogen-bond donors (Lipinski definition) is 4. The highest BCUT2D eigenvalue weighted by molar-refractivity contribution is 5.80. The first-order chi connectivity index (χ1) is 22.4. The van der Waals surface area contributed by atoms with Gasteiger partial charge in [-0.3, -0.25) is 14.2 Å². The van der Waals surface area contributed by atoms with Crippen molar-refractivity contribution in [1.82, 2.24) is 19.8 Å². The van der Waals surface area contributed by atoms with Crippen molar-refractivity contribution in [3.05, 3.63) is 106 Å². The highest BCUT2D eigenvalue weighted by Crippen LogP contribution is 2.38. The van der Waals surface area contributed by atoms with Gasteiger partial charge in [-0.1, -0.05) is 60.7 Å². The molecular formula is C35H40N4O7. The molecule has 11 nitrogen and oxygen atoms in total. The fourth-order valence-corrected chi connectivity index (χ4v) is 6.42. The van der Waals surface area contributed by atoms with E-state index in [1.807, 2.05) is 77.4 Å². The molecule has 0 saturated carbocycles. The second-order valence-electron chi connectivity index (χ2n) is 12.1. The Balaban J connectivity index is 1.11. The number of para-hydroxylation sites is 2. The summed E-state index contributed by atoms with van der Waals surface area (Å²) in [4.78, 5) is 40.8. The number of carbonyl (C=O) groups excluding carboxylic acids is 1. The van der Waals surface area contributed by atoms with E-state index in [4.69, 9.17) is 14.6 Å². The molecule has 4 aromatic rings. The van der Waals surface area contributed by atoms with Gasteiger partial charge in [0.2, 0.25) is 5.91 Å². The van der Waals surface area contributed by atoms with Crippen LogP contribution in [0.5, 0.6) is 0 Å². The smallest absolute Gasteiger partial charge is 0.326 e. The Morgan fingerprint density at radius 1 is 0.891 bits per heavy atom. The molecule has 11 heteroatoms. The van der Waals surface area contributed by atoms with Gasteiger partial charge in [-0.05, 0) is 41.7 Å². The summed E-state index contributed by atoms with van der Waals surface area (Å²) in [6, 6.07) is 23.5. The molecule has 0 unspecified atom stereocenters. The van der Waals surface area contributed by atoms with Crippen LogP contribution in [0.3, 0.4) is 0 Å². The monoisotopic (exact) mass is 628 g/mol. The molecule has 3 aromatic carbocycles. The number of carboxylic acid groups (broad SMARTS) is 1. The number of likely N-dealkylation sites (tertiary alicyclic amines) is 1. The number of aromatic nitrogens is 2. The number of imidazole rings is 1. The minimum absolute atomic E-state index is 0.0207. The molecule has 2 aliphatic rings. The van der Waals surface area contributed by atoms with Gasteiger partial charge in [-0.2, -0.15) is 0 Å². The quantitative estimate of drug-likeness (QED) is 0.194. The van der Waals surface area contributed by atoms with Crippen molar-refractivity contribution in [2.75, 3.05) is 19.6 Å². The lowest BCUT2D eigenvalue weighted by atomic mass is 9.98. The number of carbonyl (C=O) groups is 2. The molecule has 3 atom stereocenters. The van der Waals surface area contributed by atoms with Gasteiger partial charge in [0.1, 0.15) is 0 Å². The van der Waals surface area contributed by atoms with E-state index in [1.54, 1.807) is 0 Å². The zero-order valence-electron chi connectivity index (χ0n) is 25.6. The first kappa shape index (κ1) is 31.7. The summed E-state index contributed by atoms with van der Waals surface area (Å²) in [7, 11) is 0. The topological polar surface area (TPSA) is 146 Å². The third kappa shape index (κ3) is 7.56. The molecule has 0 radical (unpaired) electrons. The molecule has 2 aliphatic heterocycles. The maximum Gasteiger partial charge on any atom is 0.326 e. The molecule has 1 amide bonds. The minimum atomic E-state index is -1.00. The van der Waals surface area contributed by atoms with E-state index in [0.29, 0.717) is 13.0 Å². The first-order valence-electron chi connectivity index (χ1n) is 15.9. The van der Waals surface area contributed by atoms with Crippen molar-refractivity contribution in [1.29, 1.82) is 0 Å². The van der Waals surface area contributed by atoms with Crippen LogP contribution < -0.4 is 11.0 Å². The number of piperidine rings is 1. The third-order valence-electron chi connectivity index (χ3n) is 8.93. The maximum atomic E-state index is 12.8. The zero-order chi connectivity index (χ0) is 32.0. The number of aromatic amines is 1. The zero-order valence-corrected chi connectivity index (χ0v) is 25.6. The van der Waals surface area contributed by atoms with E-state index < -0.39 is 12.3 Å². The van der Waals surface area contributed by atoms with E-state index in [1.165, 1.54) is 0 Å². The summed E-state index contributed by atoms with van der Waals surface area (Å²) >= 11 is 0. The molecule has 0 bridgehead atoms. The van der Waals surface area contributed by atoms with Gasteiger partial charge in [0.25, 0.3) is 0 Å². The van der Waals surface area contributed by atoms with Crippen molar-refractivity contribution >= 4 is 22.9 Å². The van der Waals surface area contributed by atoms with Crippen LogP contribution in [0.4, 0.5) is 0 Å². The molecule has 46 heavy (non-hydrogen) atoms. The predicted molar refractivity (Wildman–Crippen MR) is 171 cm³/mol. The van der Waals surface area contributed by atoms with Gasteiger partial charge in [0, 0.05) is 50.6 Å². The third-order valence-corrected chi connectivity index (χ3v) is 8.93. The molecule has 0 spiro atoms. The number of fused-ring (bicyclic) bond motifs is 1. The van der Waals surface area contributed by atoms with Crippen molar-refractivity contribution < 1.29 is 29.3 Å². The van der Waals surface area contributed by atoms with Gasteiger partial charge in [0.15, 0.2) is 6.29 Å². The van der Waals surface area contributed by atoms with Gasteiger partial charge in [-0.15, -0.1) is 0 Å². The van der Waals surface area contributed by atoms with Crippen LogP contribution in [0, 0.1) is 0 Å². The standard InChI is InChI=1S/C35H40N4O7/c40-22-24-7-9-25(10-8-24)31-19-28(21-38-17-15-27(16-18-38)39-30-4-2-1-3-29(30)37-35(39)44)45-34(46-31)26-11-5-23(6-12-26)20-36-32(41)13-14-33(42)43/h1-12,27-28,31,34,40H,13-22H2,(H,36,41)(H,37,44)(H,42,43)/t28-,31+,34+/m0/s1. The number of amides is 1. The molecule has 242 valence electrons. The van der Waals surface area contributed by atoms with Gasteiger partial charge < -0.3 is 34.9 Å². The summed E-state index contributed by atoms with van der Waals surface area (Å²) in [6.07, 6.45) is 1.27. The SMILES string of the molecule is O=C(O)CCC(=O)NCc1ccc([C@@H]2O[C@H](CN3CCC(n4c(=O)[nH]c5ccccc54)CC3)C[C@H](c3ccc(CO)cc3)O2)cc1. The molecule has 2 saturated heterocycles. The van der Waals surface area contributed by atoms with Crippen LogP contribution in [0.2, 0.25) is 0 Å². The molecule has 1 aromatic heterocycles. The number of benzene rings is 3. The summed E-state index contributed by atoms with van der Waals surface area (Å²) in [5.74, 6) is -1.31. The average Bonchev–Trinajstić information content (AvgIpc) is 3.42. The van der Waals surface area contributed by atoms with Crippen LogP contribution in [0.15, 0.2) is 77.6 Å². The average molecular weight is 629 g/mol. The van der Waals surface area contributed by atoms with Crippen LogP contribution in [0.1, 0.15) is 72.8 Å². The van der Waals surface area contributed by atoms with Crippen molar-refractivity contribution in [3.63, 3.8) is 0 Å². The van der Waals surface area contributed by atoms with E-state index in [2.05, 4.69) is 15.2 Å². The Morgan fingerprint density at radius 2 is 1.59 bits per heavy atom. The summed E-state index contributed by atoms with van der Waals surface area (Å²) in [5.41, 5.74) is 5.36. The number of aliphatic carboxylic acids is 1. The van der Waals surface area contributed by atoms with E-state index in [-0.39, 0.29) is 49.3 Å². The van der Waals surface area contributed by atoms with Crippen LogP contribution in [-0.2, 0) is 32.2 Å². The molecule has 2 fully saturated rings. The second kappa shape index (κ2) is 14.4. The van der Waals surface area contributed by atoms with Crippen LogP contribution >= 0.6 is 0 Å². The highest BCUT2D eigenvalue weighted by atomic mass is 16.7. The van der Waals surface area contributed by atoms with Gasteiger partial charge in [0.05, 0.1) is 36.3 Å². The van der Waals surface area contributed by atoms with Crippen molar-refractivity contribution in [3.8, 4) is 0 Å². The Hall–Kier alpha value is -4.29. The van der Waals surface area contributed by atoms with Gasteiger partial charge in [-0.25, -0.2) is 4.79 Å². The molecule has 6 rings (SSSR count). The lowest BCUT2D eigenvalue weighted by molar-refractivity contribution is -0.253. The maximum absolute atomic E-state index is 12.8.